The standard InChI is InChI=1S/C16H23NO3S/c1-8-15(9-20-7)17-21(18,19)16-13(5)11(3)10(2)12(4)14(16)6/h1,15,17H,9H2,2-7H3/t15-/m0/s1. The van der Waals surface area contributed by atoms with Gasteiger partial charge in [-0.1, -0.05) is 5.92 Å². The lowest BCUT2D eigenvalue weighted by molar-refractivity contribution is 0.190. The molecule has 4 nitrogen and oxygen atoms in total. The Balaban J connectivity index is 3.43. The van der Waals surface area contributed by atoms with Gasteiger partial charge >= 0.3 is 0 Å². The van der Waals surface area contributed by atoms with E-state index >= 15 is 0 Å². The first kappa shape index (κ1) is 17.7. The highest BCUT2D eigenvalue weighted by atomic mass is 32.2. The Bertz CT molecular complexity index is 655. The van der Waals surface area contributed by atoms with E-state index in [-0.39, 0.29) is 6.61 Å². The van der Waals surface area contributed by atoms with Gasteiger partial charge in [0.25, 0.3) is 0 Å². The Hall–Kier alpha value is -1.35. The maximum atomic E-state index is 12.7. The number of benzene rings is 1. The molecule has 0 unspecified atom stereocenters. The molecule has 116 valence electrons. The minimum absolute atomic E-state index is 0.137. The van der Waals surface area contributed by atoms with Gasteiger partial charge in [0.2, 0.25) is 10.0 Å². The fourth-order valence-corrected chi connectivity index (χ4v) is 4.14. The van der Waals surface area contributed by atoms with Gasteiger partial charge in [0.15, 0.2) is 0 Å². The molecule has 0 amide bonds. The number of hydrogen-bond donors (Lipinski definition) is 1. The Morgan fingerprint density at radius 1 is 1.05 bits per heavy atom. The molecule has 1 N–H and O–H groups in total. The van der Waals surface area contributed by atoms with Gasteiger partial charge in [-0.2, -0.15) is 4.72 Å². The first-order chi connectivity index (χ1) is 9.67. The predicted molar refractivity (Wildman–Crippen MR) is 84.9 cm³/mol. The molecule has 0 radical (unpaired) electrons. The van der Waals surface area contributed by atoms with Gasteiger partial charge in [-0.05, 0) is 62.4 Å². The zero-order chi connectivity index (χ0) is 16.4. The number of sulfonamides is 1. The van der Waals surface area contributed by atoms with E-state index in [2.05, 4.69) is 10.6 Å². The summed E-state index contributed by atoms with van der Waals surface area (Å²) in [6, 6.07) is -0.680. The average molecular weight is 309 g/mol. The fraction of sp³-hybridized carbons (Fsp3) is 0.500. The van der Waals surface area contributed by atoms with E-state index in [1.165, 1.54) is 7.11 Å². The molecule has 5 heteroatoms. The molecule has 1 rings (SSSR count). The van der Waals surface area contributed by atoms with E-state index in [9.17, 15) is 8.42 Å². The monoisotopic (exact) mass is 309 g/mol. The third-order valence-corrected chi connectivity index (χ3v) is 5.78. The maximum Gasteiger partial charge on any atom is 0.242 e. The second kappa shape index (κ2) is 6.61. The fourth-order valence-electron chi connectivity index (χ4n) is 2.40. The van der Waals surface area contributed by atoms with Crippen molar-refractivity contribution in [2.45, 2.75) is 45.6 Å². The normalized spacial score (nSPS) is 13.0. The van der Waals surface area contributed by atoms with E-state index in [1.807, 2.05) is 34.6 Å². The summed E-state index contributed by atoms with van der Waals surface area (Å²) in [5.74, 6) is 2.39. The van der Waals surface area contributed by atoms with Gasteiger partial charge in [-0.25, -0.2) is 8.42 Å². The number of terminal acetylenes is 1. The number of methoxy groups -OCH3 is 1. The molecule has 1 aromatic rings. The van der Waals surface area contributed by atoms with Crippen molar-refractivity contribution in [3.63, 3.8) is 0 Å². The van der Waals surface area contributed by atoms with Crippen molar-refractivity contribution in [1.82, 2.24) is 4.72 Å². The molecule has 1 aromatic carbocycles. The molecule has 0 saturated heterocycles. The summed E-state index contributed by atoms with van der Waals surface area (Å²) in [6.07, 6.45) is 5.35. The highest BCUT2D eigenvalue weighted by molar-refractivity contribution is 7.89. The van der Waals surface area contributed by atoms with Gasteiger partial charge in [-0.3, -0.25) is 0 Å². The van der Waals surface area contributed by atoms with Crippen LogP contribution in [0.3, 0.4) is 0 Å². The van der Waals surface area contributed by atoms with E-state index in [1.54, 1.807) is 0 Å². The van der Waals surface area contributed by atoms with Crippen LogP contribution in [-0.2, 0) is 14.8 Å². The van der Waals surface area contributed by atoms with Crippen LogP contribution in [0.25, 0.3) is 0 Å². The molecule has 21 heavy (non-hydrogen) atoms. The van der Waals surface area contributed by atoms with Crippen molar-refractivity contribution in [2.75, 3.05) is 13.7 Å². The summed E-state index contributed by atoms with van der Waals surface area (Å²) in [5, 5.41) is 0. The summed E-state index contributed by atoms with van der Waals surface area (Å²) in [7, 11) is -2.21. The van der Waals surface area contributed by atoms with Gasteiger partial charge in [0.1, 0.15) is 6.04 Å². The molecule has 0 saturated carbocycles. The number of ether oxygens (including phenoxy) is 1. The lowest BCUT2D eigenvalue weighted by atomic mass is 9.95. The summed E-state index contributed by atoms with van der Waals surface area (Å²) < 4.78 is 32.8. The van der Waals surface area contributed by atoms with Crippen molar-refractivity contribution in [2.24, 2.45) is 0 Å². The van der Waals surface area contributed by atoms with E-state index in [4.69, 9.17) is 11.2 Å². The topological polar surface area (TPSA) is 55.4 Å². The molecule has 0 heterocycles. The van der Waals surface area contributed by atoms with Crippen molar-refractivity contribution >= 4 is 10.0 Å². The SMILES string of the molecule is C#C[C@@H](COC)NS(=O)(=O)c1c(C)c(C)c(C)c(C)c1C. The van der Waals surface area contributed by atoms with Crippen molar-refractivity contribution < 1.29 is 13.2 Å². The summed E-state index contributed by atoms with van der Waals surface area (Å²) >= 11 is 0. The average Bonchev–Trinajstić information content (AvgIpc) is 2.42. The lowest BCUT2D eigenvalue weighted by Crippen LogP contribution is -2.37. The van der Waals surface area contributed by atoms with Crippen LogP contribution in [0.5, 0.6) is 0 Å². The second-order valence-electron chi connectivity index (χ2n) is 5.25. The smallest absolute Gasteiger partial charge is 0.242 e. The number of rotatable bonds is 5. The highest BCUT2D eigenvalue weighted by Crippen LogP contribution is 2.29. The molecule has 0 spiro atoms. The first-order valence-corrected chi connectivity index (χ1v) is 8.20. The van der Waals surface area contributed by atoms with Crippen LogP contribution in [-0.4, -0.2) is 28.2 Å². The summed E-state index contributed by atoms with van der Waals surface area (Å²) in [4.78, 5) is 0.319. The Morgan fingerprint density at radius 2 is 1.48 bits per heavy atom. The minimum atomic E-state index is -3.69. The van der Waals surface area contributed by atoms with Crippen molar-refractivity contribution in [1.29, 1.82) is 0 Å². The second-order valence-corrected chi connectivity index (χ2v) is 6.90. The van der Waals surface area contributed by atoms with Crippen LogP contribution in [0.15, 0.2) is 4.90 Å². The molecular weight excluding hydrogens is 286 g/mol. The Labute approximate surface area is 128 Å². The molecule has 0 aliphatic carbocycles. The van der Waals surface area contributed by atoms with Gasteiger partial charge < -0.3 is 4.74 Å². The van der Waals surface area contributed by atoms with Gasteiger partial charge in [0, 0.05) is 7.11 Å². The maximum absolute atomic E-state index is 12.7. The highest BCUT2D eigenvalue weighted by Gasteiger charge is 2.25. The number of nitrogens with one attached hydrogen (secondary N) is 1. The molecule has 0 aliphatic rings. The Kier molecular flexibility index (Phi) is 5.57. The largest absolute Gasteiger partial charge is 0.382 e. The number of hydrogen-bond acceptors (Lipinski definition) is 3. The summed E-state index contributed by atoms with van der Waals surface area (Å²) in [6.45, 7) is 9.66. The summed E-state index contributed by atoms with van der Waals surface area (Å²) in [5.41, 5.74) is 4.62. The van der Waals surface area contributed by atoms with E-state index in [0.29, 0.717) is 4.90 Å². The molecule has 0 aliphatic heterocycles. The minimum Gasteiger partial charge on any atom is -0.382 e. The first-order valence-electron chi connectivity index (χ1n) is 6.71. The lowest BCUT2D eigenvalue weighted by Gasteiger charge is -2.20. The van der Waals surface area contributed by atoms with Crippen LogP contribution in [0.2, 0.25) is 0 Å². The molecule has 1 atom stereocenters. The zero-order valence-electron chi connectivity index (χ0n) is 13.5. The molecule has 0 bridgehead atoms. The molecular formula is C16H23NO3S. The van der Waals surface area contributed by atoms with Crippen LogP contribution < -0.4 is 4.72 Å². The van der Waals surface area contributed by atoms with Crippen LogP contribution >= 0.6 is 0 Å². The van der Waals surface area contributed by atoms with Crippen LogP contribution in [0, 0.1) is 47.0 Å². The van der Waals surface area contributed by atoms with Crippen LogP contribution in [0.1, 0.15) is 27.8 Å². The third kappa shape index (κ3) is 3.46. The van der Waals surface area contributed by atoms with E-state index in [0.717, 1.165) is 27.8 Å². The van der Waals surface area contributed by atoms with Gasteiger partial charge in [0.05, 0.1) is 11.5 Å². The Morgan fingerprint density at radius 3 is 1.86 bits per heavy atom. The zero-order valence-corrected chi connectivity index (χ0v) is 14.3. The van der Waals surface area contributed by atoms with Gasteiger partial charge in [-0.15, -0.1) is 6.42 Å². The van der Waals surface area contributed by atoms with E-state index < -0.39 is 16.1 Å². The quantitative estimate of drug-likeness (QED) is 0.848. The molecule has 0 fully saturated rings. The molecule has 0 aromatic heterocycles. The third-order valence-electron chi connectivity index (χ3n) is 4.03. The van der Waals surface area contributed by atoms with Crippen molar-refractivity contribution in [3.8, 4) is 12.3 Å². The van der Waals surface area contributed by atoms with Crippen molar-refractivity contribution in [3.05, 3.63) is 27.8 Å². The predicted octanol–water partition coefficient (Wildman–Crippen LogP) is 2.16. The van der Waals surface area contributed by atoms with Crippen LogP contribution in [0.4, 0.5) is 0 Å².